The van der Waals surface area contributed by atoms with Gasteiger partial charge in [0.2, 0.25) is 5.91 Å². The van der Waals surface area contributed by atoms with E-state index in [4.69, 9.17) is 0 Å². The number of nitrogens with one attached hydrogen (secondary N) is 1. The van der Waals surface area contributed by atoms with Gasteiger partial charge in [0.15, 0.2) is 0 Å². The van der Waals surface area contributed by atoms with Gasteiger partial charge in [-0.3, -0.25) is 4.79 Å². The predicted octanol–water partition coefficient (Wildman–Crippen LogP) is 4.02. The Balaban J connectivity index is 2.13. The second kappa shape index (κ2) is 6.10. The monoisotopic (exact) mass is 299 g/mol. The molecule has 2 aromatic carbocycles. The van der Waals surface area contributed by atoms with Gasteiger partial charge < -0.3 is 5.32 Å². The molecule has 0 bridgehead atoms. The van der Waals surface area contributed by atoms with Crippen molar-refractivity contribution in [1.82, 2.24) is 5.32 Å². The molecule has 1 heterocycles. The number of benzene rings is 2. The Hall–Kier alpha value is -2.49. The first-order valence-electron chi connectivity index (χ1n) is 7.18. The van der Waals surface area contributed by atoms with Crippen molar-refractivity contribution in [1.29, 1.82) is 0 Å². The summed E-state index contributed by atoms with van der Waals surface area (Å²) < 4.78 is 26.3. The van der Waals surface area contributed by atoms with E-state index in [1.165, 1.54) is 24.3 Å². The summed E-state index contributed by atoms with van der Waals surface area (Å²) in [6.45, 7) is 0. The third-order valence-corrected chi connectivity index (χ3v) is 3.69. The Kier molecular flexibility index (Phi) is 4.00. The molecular weight excluding hydrogens is 284 g/mol. The van der Waals surface area contributed by atoms with Gasteiger partial charge in [0, 0.05) is 17.7 Å². The highest BCUT2D eigenvalue weighted by atomic mass is 19.1. The number of carbonyl (C=O) groups is 1. The molecule has 0 unspecified atom stereocenters. The molecule has 3 rings (SSSR count). The van der Waals surface area contributed by atoms with Crippen molar-refractivity contribution in [3.05, 3.63) is 77.0 Å². The minimum Gasteiger partial charge on any atom is -0.329 e. The molecule has 2 aromatic rings. The number of hydrogen-bond acceptors (Lipinski definition) is 1. The Bertz CT molecular complexity index is 670. The number of allylic oxidation sites excluding steroid dienone is 1. The zero-order valence-corrected chi connectivity index (χ0v) is 11.9. The molecule has 2 nitrogen and oxygen atoms in total. The van der Waals surface area contributed by atoms with Crippen molar-refractivity contribution in [2.24, 2.45) is 0 Å². The summed E-state index contributed by atoms with van der Waals surface area (Å²) in [5.41, 5.74) is 3.21. The number of amides is 1. The molecule has 0 spiro atoms. The summed E-state index contributed by atoms with van der Waals surface area (Å²) in [4.78, 5) is 11.7. The average molecular weight is 299 g/mol. The first-order chi connectivity index (χ1) is 10.6. The lowest BCUT2D eigenvalue weighted by Crippen LogP contribution is -2.28. The zero-order valence-electron chi connectivity index (χ0n) is 11.9. The van der Waals surface area contributed by atoms with Crippen molar-refractivity contribution in [3.63, 3.8) is 0 Å². The molecule has 0 radical (unpaired) electrons. The van der Waals surface area contributed by atoms with Crippen LogP contribution in [-0.4, -0.2) is 5.91 Å². The molecule has 1 aliphatic heterocycles. The van der Waals surface area contributed by atoms with E-state index < -0.39 is 0 Å². The molecule has 4 heteroatoms. The standard InChI is InChI=1S/C18H15F2NO/c19-14-8-4-12(5-9-14)18(13-6-10-15(20)11-7-13)16-2-1-3-17(22)21-16/h4-11H,1-3H2,(H,21,22). The lowest BCUT2D eigenvalue weighted by molar-refractivity contribution is -0.121. The van der Waals surface area contributed by atoms with E-state index in [1.54, 1.807) is 24.3 Å². The highest BCUT2D eigenvalue weighted by Gasteiger charge is 2.18. The van der Waals surface area contributed by atoms with Crippen molar-refractivity contribution >= 4 is 11.5 Å². The van der Waals surface area contributed by atoms with E-state index in [2.05, 4.69) is 5.32 Å². The van der Waals surface area contributed by atoms with Crippen molar-refractivity contribution in [2.75, 3.05) is 0 Å². The van der Waals surface area contributed by atoms with Gasteiger partial charge in [0.1, 0.15) is 11.6 Å². The molecule has 1 amide bonds. The summed E-state index contributed by atoms with van der Waals surface area (Å²) in [7, 11) is 0. The molecule has 1 fully saturated rings. The van der Waals surface area contributed by atoms with Crippen LogP contribution in [0.1, 0.15) is 30.4 Å². The molecule has 112 valence electrons. The SMILES string of the molecule is O=C1CCCC(=C(c2ccc(F)cc2)c2ccc(F)cc2)N1. The van der Waals surface area contributed by atoms with Crippen LogP contribution in [0, 0.1) is 11.6 Å². The molecule has 1 aliphatic rings. The predicted molar refractivity (Wildman–Crippen MR) is 80.8 cm³/mol. The van der Waals surface area contributed by atoms with Crippen LogP contribution in [0.4, 0.5) is 8.78 Å². The van der Waals surface area contributed by atoms with Crippen molar-refractivity contribution in [3.8, 4) is 0 Å². The van der Waals surface area contributed by atoms with Crippen LogP contribution < -0.4 is 5.32 Å². The Morgan fingerprint density at radius 3 is 1.77 bits per heavy atom. The largest absolute Gasteiger partial charge is 0.329 e. The fraction of sp³-hybridized carbons (Fsp3) is 0.167. The maximum absolute atomic E-state index is 13.2. The quantitative estimate of drug-likeness (QED) is 0.891. The van der Waals surface area contributed by atoms with Gasteiger partial charge in [-0.15, -0.1) is 0 Å². The molecule has 0 aromatic heterocycles. The summed E-state index contributed by atoms with van der Waals surface area (Å²) in [5.74, 6) is -0.664. The topological polar surface area (TPSA) is 29.1 Å². The maximum Gasteiger partial charge on any atom is 0.224 e. The minimum absolute atomic E-state index is 0.0250. The Labute approximate surface area is 127 Å². The Morgan fingerprint density at radius 1 is 0.818 bits per heavy atom. The van der Waals surface area contributed by atoms with Gasteiger partial charge in [-0.05, 0) is 48.2 Å². The van der Waals surface area contributed by atoms with Crippen LogP contribution in [-0.2, 0) is 4.79 Å². The van der Waals surface area contributed by atoms with E-state index in [-0.39, 0.29) is 17.5 Å². The third-order valence-electron chi connectivity index (χ3n) is 3.69. The molecular formula is C18H15F2NO. The zero-order chi connectivity index (χ0) is 15.5. The summed E-state index contributed by atoms with van der Waals surface area (Å²) >= 11 is 0. The van der Waals surface area contributed by atoms with E-state index in [0.717, 1.165) is 35.2 Å². The number of rotatable bonds is 2. The number of piperidine rings is 1. The van der Waals surface area contributed by atoms with Gasteiger partial charge >= 0.3 is 0 Å². The highest BCUT2D eigenvalue weighted by molar-refractivity contribution is 5.87. The van der Waals surface area contributed by atoms with Crippen LogP contribution in [0.2, 0.25) is 0 Å². The minimum atomic E-state index is -0.320. The van der Waals surface area contributed by atoms with Crippen LogP contribution >= 0.6 is 0 Å². The summed E-state index contributed by atoms with van der Waals surface area (Å²) in [6.07, 6.45) is 2.01. The van der Waals surface area contributed by atoms with Crippen LogP contribution in [0.15, 0.2) is 54.2 Å². The normalized spacial score (nSPS) is 14.6. The second-order valence-corrected chi connectivity index (χ2v) is 5.27. The van der Waals surface area contributed by atoms with Crippen molar-refractivity contribution in [2.45, 2.75) is 19.3 Å². The first-order valence-corrected chi connectivity index (χ1v) is 7.18. The van der Waals surface area contributed by atoms with E-state index in [9.17, 15) is 13.6 Å². The third kappa shape index (κ3) is 3.06. The highest BCUT2D eigenvalue weighted by Crippen LogP contribution is 2.30. The fourth-order valence-electron chi connectivity index (χ4n) is 2.65. The van der Waals surface area contributed by atoms with Crippen LogP contribution in [0.5, 0.6) is 0 Å². The number of halogens is 2. The first kappa shape index (κ1) is 14.4. The van der Waals surface area contributed by atoms with Gasteiger partial charge in [-0.1, -0.05) is 24.3 Å². The molecule has 1 saturated heterocycles. The lowest BCUT2D eigenvalue weighted by atomic mass is 9.92. The van der Waals surface area contributed by atoms with Gasteiger partial charge in [0.05, 0.1) is 0 Å². The van der Waals surface area contributed by atoms with E-state index >= 15 is 0 Å². The lowest BCUT2D eigenvalue weighted by Gasteiger charge is -2.21. The molecule has 0 saturated carbocycles. The van der Waals surface area contributed by atoms with Crippen molar-refractivity contribution < 1.29 is 13.6 Å². The van der Waals surface area contributed by atoms with Gasteiger partial charge in [-0.2, -0.15) is 0 Å². The Morgan fingerprint density at radius 2 is 1.32 bits per heavy atom. The number of carbonyl (C=O) groups excluding carboxylic acids is 1. The molecule has 0 atom stereocenters. The fourth-order valence-corrected chi connectivity index (χ4v) is 2.65. The number of hydrogen-bond donors (Lipinski definition) is 1. The summed E-state index contributed by atoms with van der Waals surface area (Å²) in [5, 5.41) is 2.90. The molecule has 0 aliphatic carbocycles. The van der Waals surface area contributed by atoms with Crippen LogP contribution in [0.25, 0.3) is 5.57 Å². The average Bonchev–Trinajstić information content (AvgIpc) is 2.51. The smallest absolute Gasteiger partial charge is 0.224 e. The summed E-state index contributed by atoms with van der Waals surface area (Å²) in [6, 6.07) is 12.2. The van der Waals surface area contributed by atoms with E-state index in [1.807, 2.05) is 0 Å². The molecule has 1 N–H and O–H groups in total. The van der Waals surface area contributed by atoms with Gasteiger partial charge in [0.25, 0.3) is 0 Å². The second-order valence-electron chi connectivity index (χ2n) is 5.27. The van der Waals surface area contributed by atoms with Gasteiger partial charge in [-0.25, -0.2) is 8.78 Å². The maximum atomic E-state index is 13.2. The van der Waals surface area contributed by atoms with E-state index in [0.29, 0.717) is 6.42 Å². The van der Waals surface area contributed by atoms with Crippen LogP contribution in [0.3, 0.4) is 0 Å². The molecule has 22 heavy (non-hydrogen) atoms.